The summed E-state index contributed by atoms with van der Waals surface area (Å²) < 4.78 is 27.2. The van der Waals surface area contributed by atoms with E-state index in [0.717, 1.165) is 21.7 Å². The Labute approximate surface area is 126 Å². The highest BCUT2D eigenvalue weighted by Crippen LogP contribution is 2.19. The number of hydrogen-bond donors (Lipinski definition) is 1. The molecule has 0 radical (unpaired) electrons. The minimum absolute atomic E-state index is 0.0472. The van der Waals surface area contributed by atoms with Crippen LogP contribution in [0.4, 0.5) is 8.78 Å². The second kappa shape index (κ2) is 6.46. The fourth-order valence-corrected chi connectivity index (χ4v) is 2.23. The van der Waals surface area contributed by atoms with Gasteiger partial charge in [-0.1, -0.05) is 34.1 Å². The van der Waals surface area contributed by atoms with Crippen molar-refractivity contribution >= 4 is 15.9 Å². The van der Waals surface area contributed by atoms with E-state index in [2.05, 4.69) is 27.3 Å². The van der Waals surface area contributed by atoms with Gasteiger partial charge in [0.2, 0.25) is 0 Å². The molecule has 0 spiro atoms. The van der Waals surface area contributed by atoms with Crippen molar-refractivity contribution in [2.24, 2.45) is 0 Å². The van der Waals surface area contributed by atoms with Crippen LogP contribution < -0.4 is 5.32 Å². The third-order valence-corrected chi connectivity index (χ3v) is 4.17. The van der Waals surface area contributed by atoms with Crippen molar-refractivity contribution in [3.05, 3.63) is 69.2 Å². The quantitative estimate of drug-likeness (QED) is 0.836. The van der Waals surface area contributed by atoms with E-state index in [9.17, 15) is 8.78 Å². The first-order valence-corrected chi connectivity index (χ1v) is 7.20. The zero-order chi connectivity index (χ0) is 14.7. The van der Waals surface area contributed by atoms with Crippen LogP contribution in [0.5, 0.6) is 0 Å². The second-order valence-electron chi connectivity index (χ2n) is 4.86. The third-order valence-electron chi connectivity index (χ3n) is 3.28. The van der Waals surface area contributed by atoms with Crippen LogP contribution in [0.15, 0.2) is 40.9 Å². The molecule has 0 bridgehead atoms. The Hall–Kier alpha value is -1.26. The molecule has 2 aromatic rings. The first-order chi connectivity index (χ1) is 9.47. The van der Waals surface area contributed by atoms with Crippen molar-refractivity contribution in [1.82, 2.24) is 5.32 Å². The molecule has 106 valence electrons. The molecule has 0 saturated carbocycles. The lowest BCUT2D eigenvalue weighted by Gasteiger charge is -2.15. The molecule has 1 atom stereocenters. The molecule has 20 heavy (non-hydrogen) atoms. The zero-order valence-corrected chi connectivity index (χ0v) is 13.0. The molecule has 0 aliphatic rings. The van der Waals surface area contributed by atoms with Gasteiger partial charge < -0.3 is 5.32 Å². The van der Waals surface area contributed by atoms with Gasteiger partial charge in [0.05, 0.1) is 0 Å². The molecule has 0 aromatic heterocycles. The number of hydrogen-bond acceptors (Lipinski definition) is 1. The number of aryl methyl sites for hydroxylation is 1. The number of rotatable bonds is 4. The Kier molecular flexibility index (Phi) is 4.89. The molecule has 0 amide bonds. The van der Waals surface area contributed by atoms with Gasteiger partial charge >= 0.3 is 0 Å². The maximum atomic E-state index is 13.2. The van der Waals surface area contributed by atoms with Gasteiger partial charge in [-0.05, 0) is 48.7 Å². The van der Waals surface area contributed by atoms with E-state index < -0.39 is 11.6 Å². The van der Waals surface area contributed by atoms with Crippen molar-refractivity contribution in [1.29, 1.82) is 0 Å². The predicted octanol–water partition coefficient (Wildman–Crippen LogP) is 4.89. The minimum Gasteiger partial charge on any atom is -0.306 e. The predicted molar refractivity (Wildman–Crippen MR) is 80.5 cm³/mol. The van der Waals surface area contributed by atoms with E-state index in [1.807, 2.05) is 26.0 Å². The summed E-state index contributed by atoms with van der Waals surface area (Å²) in [5.41, 5.74) is 3.06. The van der Waals surface area contributed by atoms with Crippen molar-refractivity contribution in [2.45, 2.75) is 26.4 Å². The molecule has 1 N–H and O–H groups in total. The summed E-state index contributed by atoms with van der Waals surface area (Å²) in [5.74, 6) is -1.62. The van der Waals surface area contributed by atoms with Crippen molar-refractivity contribution in [2.75, 3.05) is 0 Å². The molecular formula is C16H16BrF2N. The molecule has 2 aromatic carbocycles. The molecule has 4 heteroatoms. The molecule has 0 heterocycles. The molecule has 1 nitrogen and oxygen atoms in total. The van der Waals surface area contributed by atoms with Crippen molar-refractivity contribution < 1.29 is 8.78 Å². The lowest BCUT2D eigenvalue weighted by Crippen LogP contribution is -2.18. The van der Waals surface area contributed by atoms with Gasteiger partial charge in [-0.3, -0.25) is 0 Å². The average molecular weight is 340 g/mol. The van der Waals surface area contributed by atoms with Crippen LogP contribution in [-0.4, -0.2) is 0 Å². The summed E-state index contributed by atoms with van der Waals surface area (Å²) in [4.78, 5) is 0. The Morgan fingerprint density at radius 1 is 1.10 bits per heavy atom. The zero-order valence-electron chi connectivity index (χ0n) is 11.4. The number of halogens is 3. The summed E-state index contributed by atoms with van der Waals surface area (Å²) >= 11 is 3.46. The number of benzene rings is 2. The van der Waals surface area contributed by atoms with Crippen molar-refractivity contribution in [3.8, 4) is 0 Å². The highest BCUT2D eigenvalue weighted by Gasteiger charge is 2.09. The topological polar surface area (TPSA) is 12.0 Å². The lowest BCUT2D eigenvalue weighted by molar-refractivity contribution is 0.500. The molecule has 1 unspecified atom stereocenters. The molecular weight excluding hydrogens is 324 g/mol. The average Bonchev–Trinajstić information content (AvgIpc) is 2.43. The highest BCUT2D eigenvalue weighted by atomic mass is 79.9. The standard InChI is InChI=1S/C16H16BrF2N/c1-10-7-12(3-5-14(10)17)9-20-11(2)13-4-6-15(18)16(19)8-13/h3-8,11,20H,9H2,1-2H3. The Morgan fingerprint density at radius 3 is 2.50 bits per heavy atom. The van der Waals surface area contributed by atoms with Crippen LogP contribution in [0.1, 0.15) is 29.7 Å². The second-order valence-corrected chi connectivity index (χ2v) is 5.71. The Bertz CT molecular complexity index is 613. The fourth-order valence-electron chi connectivity index (χ4n) is 1.99. The van der Waals surface area contributed by atoms with Gasteiger partial charge in [-0.2, -0.15) is 0 Å². The van der Waals surface area contributed by atoms with E-state index in [1.165, 1.54) is 11.6 Å². The van der Waals surface area contributed by atoms with E-state index in [1.54, 1.807) is 6.07 Å². The smallest absolute Gasteiger partial charge is 0.159 e. The highest BCUT2D eigenvalue weighted by molar-refractivity contribution is 9.10. The van der Waals surface area contributed by atoms with Gasteiger partial charge in [0.25, 0.3) is 0 Å². The van der Waals surface area contributed by atoms with E-state index in [4.69, 9.17) is 0 Å². The van der Waals surface area contributed by atoms with Gasteiger partial charge in [-0.25, -0.2) is 8.78 Å². The summed E-state index contributed by atoms with van der Waals surface area (Å²) in [6.45, 7) is 4.64. The van der Waals surface area contributed by atoms with E-state index in [-0.39, 0.29) is 6.04 Å². The summed E-state index contributed by atoms with van der Waals surface area (Å²) in [6.07, 6.45) is 0. The van der Waals surface area contributed by atoms with Gasteiger partial charge in [0.15, 0.2) is 11.6 Å². The Balaban J connectivity index is 2.02. The van der Waals surface area contributed by atoms with Crippen LogP contribution in [0.2, 0.25) is 0 Å². The maximum absolute atomic E-state index is 13.2. The van der Waals surface area contributed by atoms with Gasteiger partial charge in [0.1, 0.15) is 0 Å². The maximum Gasteiger partial charge on any atom is 0.159 e. The summed E-state index contributed by atoms with van der Waals surface area (Å²) in [7, 11) is 0. The minimum atomic E-state index is -0.815. The van der Waals surface area contributed by atoms with Crippen molar-refractivity contribution in [3.63, 3.8) is 0 Å². The monoisotopic (exact) mass is 339 g/mol. The first kappa shape index (κ1) is 15.1. The normalized spacial score (nSPS) is 12.4. The van der Waals surface area contributed by atoms with Crippen LogP contribution in [0.25, 0.3) is 0 Å². The van der Waals surface area contributed by atoms with Crippen LogP contribution >= 0.6 is 15.9 Å². The summed E-state index contributed by atoms with van der Waals surface area (Å²) in [6, 6.07) is 10.1. The van der Waals surface area contributed by atoms with E-state index >= 15 is 0 Å². The molecule has 0 aliphatic heterocycles. The van der Waals surface area contributed by atoms with Crippen LogP contribution in [-0.2, 0) is 6.54 Å². The fraction of sp³-hybridized carbons (Fsp3) is 0.250. The van der Waals surface area contributed by atoms with Crippen LogP contribution in [0, 0.1) is 18.6 Å². The number of nitrogens with one attached hydrogen (secondary N) is 1. The molecule has 0 aliphatic carbocycles. The molecule has 0 fully saturated rings. The first-order valence-electron chi connectivity index (χ1n) is 6.40. The lowest BCUT2D eigenvalue weighted by atomic mass is 10.1. The third kappa shape index (κ3) is 3.64. The summed E-state index contributed by atoms with van der Waals surface area (Å²) in [5, 5.41) is 3.30. The Morgan fingerprint density at radius 2 is 1.85 bits per heavy atom. The van der Waals surface area contributed by atoms with E-state index in [0.29, 0.717) is 6.54 Å². The largest absolute Gasteiger partial charge is 0.306 e. The van der Waals surface area contributed by atoms with Gasteiger partial charge in [-0.15, -0.1) is 0 Å². The molecule has 2 rings (SSSR count). The van der Waals surface area contributed by atoms with Crippen LogP contribution in [0.3, 0.4) is 0 Å². The van der Waals surface area contributed by atoms with Gasteiger partial charge in [0, 0.05) is 17.1 Å². The SMILES string of the molecule is Cc1cc(CNC(C)c2ccc(F)c(F)c2)ccc1Br. The molecule has 0 saturated heterocycles.